The largest absolute Gasteiger partial charge is 0.445 e. The number of amides is 2. The Kier molecular flexibility index (Phi) is 5.72. The van der Waals surface area contributed by atoms with Crippen LogP contribution in [-0.2, 0) is 16.1 Å². The fourth-order valence-electron chi connectivity index (χ4n) is 3.52. The van der Waals surface area contributed by atoms with Crippen LogP contribution in [0.1, 0.15) is 44.1 Å². The molecule has 5 heteroatoms. The van der Waals surface area contributed by atoms with Crippen molar-refractivity contribution >= 4 is 12.0 Å². The number of carbonyl (C=O) groups is 2. The van der Waals surface area contributed by atoms with E-state index in [1.54, 1.807) is 4.90 Å². The third-order valence-corrected chi connectivity index (χ3v) is 5.03. The number of carbonyl (C=O) groups excluding carboxylic acids is 2. The van der Waals surface area contributed by atoms with E-state index >= 15 is 0 Å². The Morgan fingerprint density at radius 2 is 1.71 bits per heavy atom. The van der Waals surface area contributed by atoms with Gasteiger partial charge in [0.2, 0.25) is 5.91 Å². The first-order valence-electron chi connectivity index (χ1n) is 8.98. The Morgan fingerprint density at radius 1 is 1.04 bits per heavy atom. The van der Waals surface area contributed by atoms with E-state index in [-0.39, 0.29) is 24.0 Å². The van der Waals surface area contributed by atoms with Gasteiger partial charge in [0.25, 0.3) is 0 Å². The standard InChI is InChI=1S/C19H26N2O3/c22-18(16-8-4-5-9-16)20-17-10-12-21(13-11-17)19(23)24-14-15-6-2-1-3-7-15/h1-3,6-7,16-17H,4-5,8-14H2,(H,20,22). The van der Waals surface area contributed by atoms with Gasteiger partial charge in [-0.3, -0.25) is 4.79 Å². The summed E-state index contributed by atoms with van der Waals surface area (Å²) in [7, 11) is 0. The van der Waals surface area contributed by atoms with Crippen molar-refractivity contribution in [1.82, 2.24) is 10.2 Å². The Hall–Kier alpha value is -2.04. The van der Waals surface area contributed by atoms with Gasteiger partial charge in [-0.1, -0.05) is 43.2 Å². The minimum absolute atomic E-state index is 0.191. The molecule has 1 saturated carbocycles. The zero-order valence-corrected chi connectivity index (χ0v) is 14.1. The summed E-state index contributed by atoms with van der Waals surface area (Å²) in [4.78, 5) is 26.0. The van der Waals surface area contributed by atoms with E-state index in [4.69, 9.17) is 4.74 Å². The maximum Gasteiger partial charge on any atom is 0.410 e. The van der Waals surface area contributed by atoms with Gasteiger partial charge < -0.3 is 15.0 Å². The Morgan fingerprint density at radius 3 is 2.38 bits per heavy atom. The molecule has 0 radical (unpaired) electrons. The Balaban J connectivity index is 1.38. The van der Waals surface area contributed by atoms with E-state index in [0.29, 0.717) is 19.7 Å². The molecule has 1 saturated heterocycles. The molecule has 1 aliphatic heterocycles. The lowest BCUT2D eigenvalue weighted by molar-refractivity contribution is -0.125. The van der Waals surface area contributed by atoms with Crippen LogP contribution < -0.4 is 5.32 Å². The molecule has 2 aliphatic rings. The van der Waals surface area contributed by atoms with Crippen LogP contribution in [0.25, 0.3) is 0 Å². The van der Waals surface area contributed by atoms with Crippen molar-refractivity contribution in [3.63, 3.8) is 0 Å². The van der Waals surface area contributed by atoms with Crippen LogP contribution in [-0.4, -0.2) is 36.0 Å². The fourth-order valence-corrected chi connectivity index (χ4v) is 3.52. The van der Waals surface area contributed by atoms with Gasteiger partial charge in [-0.05, 0) is 31.2 Å². The van der Waals surface area contributed by atoms with E-state index in [1.807, 2.05) is 30.3 Å². The van der Waals surface area contributed by atoms with Crippen LogP contribution in [0.2, 0.25) is 0 Å². The van der Waals surface area contributed by atoms with E-state index in [2.05, 4.69) is 5.32 Å². The van der Waals surface area contributed by atoms with Crippen LogP contribution in [0, 0.1) is 5.92 Å². The molecule has 130 valence electrons. The van der Waals surface area contributed by atoms with Crippen LogP contribution in [0.3, 0.4) is 0 Å². The second-order valence-electron chi connectivity index (χ2n) is 6.79. The van der Waals surface area contributed by atoms with Gasteiger partial charge in [0.15, 0.2) is 0 Å². The molecule has 0 spiro atoms. The summed E-state index contributed by atoms with van der Waals surface area (Å²) in [5.41, 5.74) is 0.990. The minimum atomic E-state index is -0.264. The molecule has 0 atom stereocenters. The minimum Gasteiger partial charge on any atom is -0.445 e. The fraction of sp³-hybridized carbons (Fsp3) is 0.579. The van der Waals surface area contributed by atoms with Crippen molar-refractivity contribution in [3.8, 4) is 0 Å². The third-order valence-electron chi connectivity index (χ3n) is 5.03. The van der Waals surface area contributed by atoms with Crippen LogP contribution in [0.5, 0.6) is 0 Å². The number of rotatable bonds is 4. The number of nitrogens with zero attached hydrogens (tertiary/aromatic N) is 1. The number of ether oxygens (including phenoxy) is 1. The molecule has 1 N–H and O–H groups in total. The number of benzene rings is 1. The Labute approximate surface area is 143 Å². The van der Waals surface area contributed by atoms with E-state index in [0.717, 1.165) is 31.2 Å². The molecule has 5 nitrogen and oxygen atoms in total. The first-order chi connectivity index (χ1) is 11.7. The van der Waals surface area contributed by atoms with Crippen molar-refractivity contribution in [3.05, 3.63) is 35.9 Å². The molecule has 1 heterocycles. The second kappa shape index (κ2) is 8.18. The van der Waals surface area contributed by atoms with Crippen molar-refractivity contribution in [2.24, 2.45) is 5.92 Å². The van der Waals surface area contributed by atoms with Gasteiger partial charge in [0.05, 0.1) is 0 Å². The van der Waals surface area contributed by atoms with E-state index < -0.39 is 0 Å². The lowest BCUT2D eigenvalue weighted by Crippen LogP contribution is -2.47. The van der Waals surface area contributed by atoms with E-state index in [1.165, 1.54) is 12.8 Å². The molecule has 0 aromatic heterocycles. The molecule has 3 rings (SSSR count). The number of likely N-dealkylation sites (tertiary alicyclic amines) is 1. The number of nitrogens with one attached hydrogen (secondary N) is 1. The van der Waals surface area contributed by atoms with Crippen molar-refractivity contribution < 1.29 is 14.3 Å². The van der Waals surface area contributed by atoms with E-state index in [9.17, 15) is 9.59 Å². The van der Waals surface area contributed by atoms with Gasteiger partial charge in [-0.2, -0.15) is 0 Å². The van der Waals surface area contributed by atoms with Gasteiger partial charge >= 0.3 is 6.09 Å². The van der Waals surface area contributed by atoms with Gasteiger partial charge in [0.1, 0.15) is 6.61 Å². The molecule has 1 aromatic carbocycles. The van der Waals surface area contributed by atoms with Crippen LogP contribution >= 0.6 is 0 Å². The summed E-state index contributed by atoms with van der Waals surface area (Å²) in [6.07, 6.45) is 5.73. The highest BCUT2D eigenvalue weighted by Gasteiger charge is 2.28. The summed E-state index contributed by atoms with van der Waals surface area (Å²) in [6.45, 7) is 1.59. The van der Waals surface area contributed by atoms with Crippen molar-refractivity contribution in [2.45, 2.75) is 51.2 Å². The highest BCUT2D eigenvalue weighted by molar-refractivity contribution is 5.79. The summed E-state index contributed by atoms with van der Waals surface area (Å²) in [5.74, 6) is 0.413. The normalized spacial score (nSPS) is 19.2. The second-order valence-corrected chi connectivity index (χ2v) is 6.79. The summed E-state index contributed by atoms with van der Waals surface area (Å²) < 4.78 is 5.36. The molecule has 2 fully saturated rings. The molecule has 1 aromatic rings. The topological polar surface area (TPSA) is 58.6 Å². The number of hydrogen-bond acceptors (Lipinski definition) is 3. The Bertz CT molecular complexity index is 547. The van der Waals surface area contributed by atoms with Crippen molar-refractivity contribution in [2.75, 3.05) is 13.1 Å². The van der Waals surface area contributed by atoms with Crippen LogP contribution in [0.15, 0.2) is 30.3 Å². The molecule has 0 bridgehead atoms. The maximum absolute atomic E-state index is 12.2. The van der Waals surface area contributed by atoms with Gasteiger partial charge in [-0.15, -0.1) is 0 Å². The maximum atomic E-state index is 12.2. The van der Waals surface area contributed by atoms with Gasteiger partial charge in [0, 0.05) is 25.0 Å². The first-order valence-corrected chi connectivity index (χ1v) is 8.98. The summed E-state index contributed by atoms with van der Waals surface area (Å²) in [5, 5.41) is 3.16. The summed E-state index contributed by atoms with van der Waals surface area (Å²) >= 11 is 0. The van der Waals surface area contributed by atoms with Crippen molar-refractivity contribution in [1.29, 1.82) is 0 Å². The monoisotopic (exact) mass is 330 g/mol. The molecular weight excluding hydrogens is 304 g/mol. The molecule has 1 aliphatic carbocycles. The average Bonchev–Trinajstić information content (AvgIpc) is 3.16. The third kappa shape index (κ3) is 4.49. The highest BCUT2D eigenvalue weighted by Crippen LogP contribution is 2.25. The SMILES string of the molecule is O=C(NC1CCN(C(=O)OCc2ccccc2)CC1)C1CCCC1. The number of hydrogen-bond donors (Lipinski definition) is 1. The smallest absolute Gasteiger partial charge is 0.410 e. The lowest BCUT2D eigenvalue weighted by Gasteiger charge is -2.32. The molecule has 0 unspecified atom stereocenters. The lowest BCUT2D eigenvalue weighted by atomic mass is 10.0. The first kappa shape index (κ1) is 16.8. The van der Waals surface area contributed by atoms with Crippen LogP contribution in [0.4, 0.5) is 4.79 Å². The summed E-state index contributed by atoms with van der Waals surface area (Å²) in [6, 6.07) is 9.88. The van der Waals surface area contributed by atoms with Gasteiger partial charge in [-0.25, -0.2) is 4.79 Å². The quantitative estimate of drug-likeness (QED) is 0.923. The molecule has 24 heavy (non-hydrogen) atoms. The zero-order chi connectivity index (χ0) is 16.8. The average molecular weight is 330 g/mol. The predicted molar refractivity (Wildman–Crippen MR) is 91.3 cm³/mol. The zero-order valence-electron chi connectivity index (χ0n) is 14.1. The molecule has 2 amide bonds. The predicted octanol–water partition coefficient (Wildman–Crippen LogP) is 3.09. The highest BCUT2D eigenvalue weighted by atomic mass is 16.6. The number of piperidine rings is 1. The molecular formula is C19H26N2O3.